The van der Waals surface area contributed by atoms with Crippen LogP contribution in [0, 0.1) is 12.8 Å². The molecule has 1 aliphatic heterocycles. The van der Waals surface area contributed by atoms with E-state index in [0.717, 1.165) is 48.0 Å². The fraction of sp³-hybridized carbons (Fsp3) is 0.409. The maximum atomic E-state index is 5.48. The van der Waals surface area contributed by atoms with Gasteiger partial charge >= 0.3 is 0 Å². The van der Waals surface area contributed by atoms with E-state index in [9.17, 15) is 0 Å². The highest BCUT2D eigenvalue weighted by atomic mass is 16.5. The summed E-state index contributed by atoms with van der Waals surface area (Å²) >= 11 is 0. The second-order valence-electron chi connectivity index (χ2n) is 7.86. The molecule has 0 bridgehead atoms. The van der Waals surface area contributed by atoms with Gasteiger partial charge in [0.05, 0.1) is 24.8 Å². The summed E-state index contributed by atoms with van der Waals surface area (Å²) in [5.74, 6) is 1.98. The average molecular weight is 393 g/mol. The molecule has 7 nitrogen and oxygen atoms in total. The van der Waals surface area contributed by atoms with Crippen LogP contribution in [-0.2, 0) is 11.3 Å². The topological polar surface area (TPSA) is 67.6 Å². The molecule has 7 heteroatoms. The predicted octanol–water partition coefficient (Wildman–Crippen LogP) is 3.68. The highest BCUT2D eigenvalue weighted by molar-refractivity contribution is 5.89. The van der Waals surface area contributed by atoms with Crippen LogP contribution in [0.4, 0.5) is 11.8 Å². The number of morpholine rings is 1. The molecular formula is C22H28N6O. The van der Waals surface area contributed by atoms with Gasteiger partial charge < -0.3 is 14.2 Å². The van der Waals surface area contributed by atoms with Crippen molar-refractivity contribution in [3.05, 3.63) is 47.7 Å². The van der Waals surface area contributed by atoms with E-state index in [1.165, 1.54) is 5.56 Å². The zero-order valence-corrected chi connectivity index (χ0v) is 17.3. The lowest BCUT2D eigenvalue weighted by atomic mass is 10.2. The molecule has 0 radical (unpaired) electrons. The number of hydrogen-bond donors (Lipinski definition) is 1. The molecule has 3 heterocycles. The highest BCUT2D eigenvalue weighted by Crippen LogP contribution is 2.26. The Kier molecular flexibility index (Phi) is 5.76. The molecule has 0 amide bonds. The van der Waals surface area contributed by atoms with Crippen molar-refractivity contribution >= 4 is 29.0 Å². The van der Waals surface area contributed by atoms with Gasteiger partial charge in [-0.3, -0.25) is 5.43 Å². The molecule has 0 spiro atoms. The van der Waals surface area contributed by atoms with Gasteiger partial charge in [0.1, 0.15) is 5.65 Å². The summed E-state index contributed by atoms with van der Waals surface area (Å²) in [6.45, 7) is 10.4. The van der Waals surface area contributed by atoms with E-state index >= 15 is 0 Å². The largest absolute Gasteiger partial charge is 0.378 e. The fourth-order valence-electron chi connectivity index (χ4n) is 3.50. The Bertz CT molecular complexity index is 1000. The molecule has 4 rings (SSSR count). The van der Waals surface area contributed by atoms with Gasteiger partial charge in [-0.1, -0.05) is 43.7 Å². The van der Waals surface area contributed by atoms with E-state index in [-0.39, 0.29) is 0 Å². The first-order valence-electron chi connectivity index (χ1n) is 10.2. The predicted molar refractivity (Wildman–Crippen MR) is 118 cm³/mol. The van der Waals surface area contributed by atoms with E-state index in [1.54, 1.807) is 0 Å². The van der Waals surface area contributed by atoms with Crippen LogP contribution in [0.1, 0.15) is 25.0 Å². The molecule has 1 saturated heterocycles. The zero-order chi connectivity index (χ0) is 20.2. The van der Waals surface area contributed by atoms with E-state index < -0.39 is 0 Å². The van der Waals surface area contributed by atoms with Crippen LogP contribution in [0.25, 0.3) is 11.0 Å². The summed E-state index contributed by atoms with van der Waals surface area (Å²) in [6, 6.07) is 10.3. The van der Waals surface area contributed by atoms with E-state index in [0.29, 0.717) is 19.1 Å². The van der Waals surface area contributed by atoms with Crippen molar-refractivity contribution in [2.75, 3.05) is 36.6 Å². The molecule has 0 unspecified atom stereocenters. The van der Waals surface area contributed by atoms with Gasteiger partial charge in [0, 0.05) is 25.8 Å². The van der Waals surface area contributed by atoms with Crippen molar-refractivity contribution in [1.82, 2.24) is 14.5 Å². The van der Waals surface area contributed by atoms with E-state index in [1.807, 2.05) is 18.3 Å². The second kappa shape index (κ2) is 8.61. The molecule has 3 aromatic rings. The Labute approximate surface area is 171 Å². The lowest BCUT2D eigenvalue weighted by Crippen LogP contribution is -2.37. The molecule has 0 saturated carbocycles. The van der Waals surface area contributed by atoms with Crippen molar-refractivity contribution in [2.24, 2.45) is 11.0 Å². The van der Waals surface area contributed by atoms with Gasteiger partial charge in [0.15, 0.2) is 5.82 Å². The summed E-state index contributed by atoms with van der Waals surface area (Å²) < 4.78 is 7.68. The standard InChI is InChI=1S/C22H28N6O/c1-16(2)15-28-8-7-19-20(26-23-14-18-6-4-5-17(3)13-18)24-22(25-21(19)28)27-9-11-29-12-10-27/h4-8,13-14,16H,9-12,15H2,1-3H3,(H,24,25,26). The number of nitrogens with zero attached hydrogens (tertiary/aromatic N) is 5. The summed E-state index contributed by atoms with van der Waals surface area (Å²) in [5, 5.41) is 5.42. The number of benzene rings is 1. The van der Waals surface area contributed by atoms with Crippen LogP contribution >= 0.6 is 0 Å². The van der Waals surface area contributed by atoms with Gasteiger partial charge in [-0.2, -0.15) is 15.1 Å². The Morgan fingerprint density at radius 1 is 1.21 bits per heavy atom. The monoisotopic (exact) mass is 392 g/mol. The normalized spacial score (nSPS) is 15.0. The van der Waals surface area contributed by atoms with Gasteiger partial charge in [-0.25, -0.2) is 0 Å². The third-order valence-corrected chi connectivity index (χ3v) is 4.89. The van der Waals surface area contributed by atoms with Gasteiger partial charge in [-0.05, 0) is 24.5 Å². The van der Waals surface area contributed by atoms with Gasteiger partial charge in [0.25, 0.3) is 0 Å². The molecule has 2 aromatic heterocycles. The highest BCUT2D eigenvalue weighted by Gasteiger charge is 2.18. The number of rotatable bonds is 6. The zero-order valence-electron chi connectivity index (χ0n) is 17.3. The number of hydrogen-bond acceptors (Lipinski definition) is 6. The van der Waals surface area contributed by atoms with Crippen LogP contribution in [0.2, 0.25) is 0 Å². The van der Waals surface area contributed by atoms with Gasteiger partial charge in [-0.15, -0.1) is 0 Å². The first kappa shape index (κ1) is 19.4. The number of anilines is 2. The average Bonchev–Trinajstić information content (AvgIpc) is 3.11. The summed E-state index contributed by atoms with van der Waals surface area (Å²) in [5.41, 5.74) is 6.34. The number of nitrogens with one attached hydrogen (secondary N) is 1. The second-order valence-corrected chi connectivity index (χ2v) is 7.86. The SMILES string of the molecule is Cc1cccc(C=NNc2nc(N3CCOCC3)nc3c2ccn3CC(C)C)c1. The quantitative estimate of drug-likeness (QED) is 0.512. The number of hydrazone groups is 1. The Morgan fingerprint density at radius 3 is 2.79 bits per heavy atom. The van der Waals surface area contributed by atoms with Crippen molar-refractivity contribution in [3.63, 3.8) is 0 Å². The molecule has 29 heavy (non-hydrogen) atoms. The number of fused-ring (bicyclic) bond motifs is 1. The van der Waals surface area contributed by atoms with E-state index in [2.05, 4.69) is 65.2 Å². The van der Waals surface area contributed by atoms with Gasteiger partial charge in [0.2, 0.25) is 5.95 Å². The van der Waals surface area contributed by atoms with Crippen molar-refractivity contribution in [1.29, 1.82) is 0 Å². The Hall–Kier alpha value is -2.93. The lowest BCUT2D eigenvalue weighted by Gasteiger charge is -2.27. The van der Waals surface area contributed by atoms with Crippen LogP contribution in [0.5, 0.6) is 0 Å². The summed E-state index contributed by atoms with van der Waals surface area (Å²) in [6.07, 6.45) is 3.90. The van der Waals surface area contributed by atoms with Crippen molar-refractivity contribution in [2.45, 2.75) is 27.3 Å². The molecule has 1 N–H and O–H groups in total. The summed E-state index contributed by atoms with van der Waals surface area (Å²) in [4.78, 5) is 11.8. The van der Waals surface area contributed by atoms with Crippen LogP contribution < -0.4 is 10.3 Å². The molecule has 1 aliphatic rings. The maximum Gasteiger partial charge on any atom is 0.229 e. The summed E-state index contributed by atoms with van der Waals surface area (Å²) in [7, 11) is 0. The van der Waals surface area contributed by atoms with Crippen LogP contribution in [0.15, 0.2) is 41.6 Å². The minimum atomic E-state index is 0.531. The number of aromatic nitrogens is 3. The molecule has 152 valence electrons. The minimum Gasteiger partial charge on any atom is -0.378 e. The molecule has 0 atom stereocenters. The van der Waals surface area contributed by atoms with E-state index in [4.69, 9.17) is 14.7 Å². The number of aryl methyl sites for hydroxylation is 1. The maximum absolute atomic E-state index is 5.48. The van der Waals surface area contributed by atoms with Crippen LogP contribution in [0.3, 0.4) is 0 Å². The van der Waals surface area contributed by atoms with Crippen LogP contribution in [-0.4, -0.2) is 47.1 Å². The van der Waals surface area contributed by atoms with Crippen molar-refractivity contribution < 1.29 is 4.74 Å². The fourth-order valence-corrected chi connectivity index (χ4v) is 3.50. The Morgan fingerprint density at radius 2 is 2.03 bits per heavy atom. The molecule has 1 fully saturated rings. The lowest BCUT2D eigenvalue weighted by molar-refractivity contribution is 0.122. The third-order valence-electron chi connectivity index (χ3n) is 4.89. The smallest absolute Gasteiger partial charge is 0.229 e. The Balaban J connectivity index is 1.67. The number of ether oxygens (including phenoxy) is 1. The van der Waals surface area contributed by atoms with Crippen molar-refractivity contribution in [3.8, 4) is 0 Å². The molecule has 0 aliphatic carbocycles. The first-order chi connectivity index (χ1) is 14.1. The molecule has 1 aromatic carbocycles. The minimum absolute atomic E-state index is 0.531. The molecular weight excluding hydrogens is 364 g/mol. The third kappa shape index (κ3) is 4.56. The first-order valence-corrected chi connectivity index (χ1v) is 10.2.